The Hall–Kier alpha value is -2.34. The van der Waals surface area contributed by atoms with Gasteiger partial charge in [0, 0.05) is 16.5 Å². The van der Waals surface area contributed by atoms with Gasteiger partial charge in [-0.05, 0) is 37.3 Å². The third-order valence-electron chi connectivity index (χ3n) is 3.84. The second-order valence-corrected chi connectivity index (χ2v) is 6.78. The first-order valence-corrected chi connectivity index (χ1v) is 8.60. The minimum Gasteiger partial charge on any atom is -0.449 e. The smallest absolute Gasteiger partial charge is 0.293 e. The second kappa shape index (κ2) is 6.43. The molecule has 0 amide bonds. The molecule has 2 heterocycles. The lowest BCUT2D eigenvalue weighted by molar-refractivity contribution is 0.101. The fraction of sp³-hybridized carbons (Fsp3) is 0.0556. The van der Waals surface area contributed by atoms with Crippen LogP contribution >= 0.6 is 34.8 Å². The van der Waals surface area contributed by atoms with Crippen molar-refractivity contribution in [3.8, 4) is 23.0 Å². The predicted molar refractivity (Wildman–Crippen MR) is 100.0 cm³/mol. The lowest BCUT2D eigenvalue weighted by Gasteiger charge is -2.01. The van der Waals surface area contributed by atoms with E-state index >= 15 is 0 Å². The highest BCUT2D eigenvalue weighted by Gasteiger charge is 2.19. The molecule has 0 fully saturated rings. The van der Waals surface area contributed by atoms with Gasteiger partial charge in [0.2, 0.25) is 5.82 Å². The number of nitrogens with zero attached hydrogens (tertiary/aromatic N) is 2. The van der Waals surface area contributed by atoms with Crippen LogP contribution in [0.15, 0.2) is 45.3 Å². The molecule has 8 heteroatoms. The molecule has 0 radical (unpaired) electrons. The quantitative estimate of drug-likeness (QED) is 0.372. The molecule has 0 aliphatic heterocycles. The average molecular weight is 408 g/mol. The Kier molecular flexibility index (Phi) is 4.23. The highest BCUT2D eigenvalue weighted by Crippen LogP contribution is 2.36. The number of benzene rings is 2. The monoisotopic (exact) mass is 406 g/mol. The van der Waals surface area contributed by atoms with Gasteiger partial charge in [0.15, 0.2) is 17.1 Å². The summed E-state index contributed by atoms with van der Waals surface area (Å²) in [6.45, 7) is 1.47. The minimum absolute atomic E-state index is 0.0803. The summed E-state index contributed by atoms with van der Waals surface area (Å²) in [5.74, 6) is 0.696. The maximum atomic E-state index is 11.4. The number of fused-ring (bicyclic) bond motifs is 1. The molecular weight excluding hydrogens is 399 g/mol. The average Bonchev–Trinajstić information content (AvgIpc) is 3.25. The van der Waals surface area contributed by atoms with Crippen molar-refractivity contribution in [2.24, 2.45) is 0 Å². The molecule has 130 valence electrons. The normalized spacial score (nSPS) is 11.2. The van der Waals surface area contributed by atoms with Crippen LogP contribution in [0, 0.1) is 0 Å². The molecule has 5 nitrogen and oxygen atoms in total. The largest absolute Gasteiger partial charge is 0.449 e. The van der Waals surface area contributed by atoms with Crippen LogP contribution in [0.5, 0.6) is 0 Å². The number of ketones is 1. The summed E-state index contributed by atoms with van der Waals surface area (Å²) < 4.78 is 11.0. The molecule has 0 spiro atoms. The lowest BCUT2D eigenvalue weighted by atomic mass is 10.1. The van der Waals surface area contributed by atoms with Gasteiger partial charge in [0.1, 0.15) is 0 Å². The molecular formula is C18H9Cl3N2O3. The summed E-state index contributed by atoms with van der Waals surface area (Å²) in [4.78, 5) is 15.7. The summed E-state index contributed by atoms with van der Waals surface area (Å²) in [6, 6.07) is 9.90. The van der Waals surface area contributed by atoms with E-state index in [0.29, 0.717) is 42.9 Å². The van der Waals surface area contributed by atoms with E-state index < -0.39 is 0 Å². The van der Waals surface area contributed by atoms with Gasteiger partial charge in [-0.1, -0.05) is 46.0 Å². The van der Waals surface area contributed by atoms with Crippen molar-refractivity contribution in [3.63, 3.8) is 0 Å². The Morgan fingerprint density at radius 3 is 2.46 bits per heavy atom. The van der Waals surface area contributed by atoms with Crippen LogP contribution in [0.3, 0.4) is 0 Å². The topological polar surface area (TPSA) is 69.1 Å². The number of hydrogen-bond donors (Lipinski definition) is 0. The summed E-state index contributed by atoms with van der Waals surface area (Å²) >= 11 is 18.5. The van der Waals surface area contributed by atoms with Crippen LogP contribution in [0.25, 0.3) is 34.0 Å². The van der Waals surface area contributed by atoms with Crippen LogP contribution in [0.1, 0.15) is 17.3 Å². The van der Waals surface area contributed by atoms with Crippen molar-refractivity contribution in [1.82, 2.24) is 10.1 Å². The van der Waals surface area contributed by atoms with Gasteiger partial charge < -0.3 is 8.94 Å². The molecule has 2 aromatic carbocycles. The van der Waals surface area contributed by atoms with Crippen molar-refractivity contribution in [1.29, 1.82) is 0 Å². The summed E-state index contributed by atoms with van der Waals surface area (Å²) in [5.41, 5.74) is 1.49. The molecule has 4 aromatic rings. The van der Waals surface area contributed by atoms with E-state index in [9.17, 15) is 4.79 Å². The van der Waals surface area contributed by atoms with Crippen LogP contribution in [-0.2, 0) is 0 Å². The van der Waals surface area contributed by atoms with Crippen molar-refractivity contribution < 1.29 is 13.7 Å². The second-order valence-electron chi connectivity index (χ2n) is 5.56. The first-order chi connectivity index (χ1) is 12.4. The van der Waals surface area contributed by atoms with Gasteiger partial charge >= 0.3 is 0 Å². The highest BCUT2D eigenvalue weighted by atomic mass is 35.5. The van der Waals surface area contributed by atoms with E-state index in [1.165, 1.54) is 6.92 Å². The number of carbonyl (C=O) groups is 1. The fourth-order valence-electron chi connectivity index (χ4n) is 2.51. The van der Waals surface area contributed by atoms with E-state index in [-0.39, 0.29) is 17.5 Å². The van der Waals surface area contributed by atoms with Crippen LogP contribution < -0.4 is 0 Å². The number of furan rings is 1. The molecule has 26 heavy (non-hydrogen) atoms. The third kappa shape index (κ3) is 2.88. The molecule has 4 rings (SSSR count). The molecule has 0 aliphatic carbocycles. The van der Waals surface area contributed by atoms with Crippen molar-refractivity contribution in [2.75, 3.05) is 0 Å². The van der Waals surface area contributed by atoms with E-state index in [1.54, 1.807) is 36.4 Å². The zero-order valence-electron chi connectivity index (χ0n) is 13.2. The first kappa shape index (κ1) is 17.1. The zero-order valence-corrected chi connectivity index (χ0v) is 15.5. The van der Waals surface area contributed by atoms with Gasteiger partial charge in [0.05, 0.1) is 15.1 Å². The Balaban J connectivity index is 1.76. The van der Waals surface area contributed by atoms with E-state index in [1.807, 2.05) is 0 Å². The van der Waals surface area contributed by atoms with Crippen molar-refractivity contribution >= 4 is 51.6 Å². The SMILES string of the molecule is CC(=O)c1ccc(-c2noc(-c3cc4c(Cl)ccc(Cl)c4o3)n2)c(Cl)c1. The molecule has 0 saturated carbocycles. The Morgan fingerprint density at radius 1 is 1.00 bits per heavy atom. The number of carbonyl (C=O) groups excluding carboxylic acids is 1. The minimum atomic E-state index is -0.0803. The summed E-state index contributed by atoms with van der Waals surface area (Å²) in [5, 5.41) is 5.86. The van der Waals surface area contributed by atoms with Gasteiger partial charge in [-0.3, -0.25) is 4.79 Å². The maximum absolute atomic E-state index is 11.4. The molecule has 2 aromatic heterocycles. The zero-order chi connectivity index (χ0) is 18.4. The molecule has 0 bridgehead atoms. The van der Waals surface area contributed by atoms with Crippen LogP contribution in [0.2, 0.25) is 15.1 Å². The summed E-state index contributed by atoms with van der Waals surface area (Å²) in [6.07, 6.45) is 0. The number of Topliss-reactive ketones (excluding diaryl/α,β-unsaturated/α-hetero) is 1. The maximum Gasteiger partial charge on any atom is 0.293 e. The predicted octanol–water partition coefficient (Wildman–Crippen LogP) is 6.31. The van der Waals surface area contributed by atoms with Gasteiger partial charge in [-0.2, -0.15) is 4.98 Å². The van der Waals surface area contributed by atoms with E-state index in [0.717, 1.165) is 0 Å². The number of halogens is 3. The number of aromatic nitrogens is 2. The standard InChI is InChI=1S/C18H9Cl3N2O3/c1-8(24)9-2-3-10(14(21)6-9)17-22-18(26-23-17)15-7-11-12(19)4-5-13(20)16(11)25-15/h2-7H,1H3. The van der Waals surface area contributed by atoms with Gasteiger partial charge in [0.25, 0.3) is 5.89 Å². The van der Waals surface area contributed by atoms with Crippen molar-refractivity contribution in [3.05, 3.63) is 57.0 Å². The Labute approximate surface area is 162 Å². The molecule has 0 unspecified atom stereocenters. The molecule has 0 atom stereocenters. The third-order valence-corrected chi connectivity index (χ3v) is 4.78. The lowest BCUT2D eigenvalue weighted by Crippen LogP contribution is -1.92. The van der Waals surface area contributed by atoms with E-state index in [2.05, 4.69) is 10.1 Å². The van der Waals surface area contributed by atoms with Crippen LogP contribution in [-0.4, -0.2) is 15.9 Å². The number of hydrogen-bond acceptors (Lipinski definition) is 5. The molecule has 0 N–H and O–H groups in total. The summed E-state index contributed by atoms with van der Waals surface area (Å²) in [7, 11) is 0. The number of rotatable bonds is 3. The van der Waals surface area contributed by atoms with Gasteiger partial charge in [-0.25, -0.2) is 0 Å². The van der Waals surface area contributed by atoms with Crippen molar-refractivity contribution in [2.45, 2.75) is 6.92 Å². The highest BCUT2D eigenvalue weighted by molar-refractivity contribution is 6.39. The first-order valence-electron chi connectivity index (χ1n) is 7.46. The Bertz CT molecular complexity index is 1120. The molecule has 0 aliphatic rings. The van der Waals surface area contributed by atoms with Crippen LogP contribution in [0.4, 0.5) is 0 Å². The van der Waals surface area contributed by atoms with E-state index in [4.69, 9.17) is 43.7 Å². The van der Waals surface area contributed by atoms with Gasteiger partial charge in [-0.15, -0.1) is 0 Å². The fourth-order valence-corrected chi connectivity index (χ4v) is 3.18. The molecule has 0 saturated heterocycles. The Morgan fingerprint density at radius 2 is 1.77 bits per heavy atom.